The van der Waals surface area contributed by atoms with Gasteiger partial charge >= 0.3 is 6.18 Å². The third-order valence-corrected chi connectivity index (χ3v) is 3.32. The molecular weight excluding hydrogens is 331 g/mol. The van der Waals surface area contributed by atoms with Crippen molar-refractivity contribution in [3.63, 3.8) is 0 Å². The zero-order valence-corrected chi connectivity index (χ0v) is 12.1. The standard InChI is InChI=1S/C11H9ClF3N3O2S/c1-21(19,20)17-10-4-5-16-18(10)9-3-2-7(6-8(9)12)11(13,14)15/h2-6,17H,1H3. The average Bonchev–Trinajstić information content (AvgIpc) is 2.73. The van der Waals surface area contributed by atoms with Gasteiger partial charge in [0.15, 0.2) is 0 Å². The largest absolute Gasteiger partial charge is 0.416 e. The van der Waals surface area contributed by atoms with Gasteiger partial charge < -0.3 is 0 Å². The predicted octanol–water partition coefficient (Wildman–Crippen LogP) is 2.92. The predicted molar refractivity (Wildman–Crippen MR) is 72.0 cm³/mol. The molecule has 0 fully saturated rings. The van der Waals surface area contributed by atoms with Crippen molar-refractivity contribution in [1.82, 2.24) is 9.78 Å². The fourth-order valence-corrected chi connectivity index (χ4v) is 2.41. The van der Waals surface area contributed by atoms with E-state index < -0.39 is 21.8 Å². The highest BCUT2D eigenvalue weighted by molar-refractivity contribution is 7.92. The number of anilines is 1. The number of benzene rings is 1. The zero-order chi connectivity index (χ0) is 15.8. The fraction of sp³-hybridized carbons (Fsp3) is 0.182. The summed E-state index contributed by atoms with van der Waals surface area (Å²) in [6.07, 6.45) is -2.28. The zero-order valence-electron chi connectivity index (χ0n) is 10.5. The summed E-state index contributed by atoms with van der Waals surface area (Å²) in [5, 5.41) is 3.64. The van der Waals surface area contributed by atoms with Gasteiger partial charge in [-0.2, -0.15) is 18.3 Å². The average molecular weight is 340 g/mol. The van der Waals surface area contributed by atoms with Crippen molar-refractivity contribution in [2.75, 3.05) is 11.0 Å². The van der Waals surface area contributed by atoms with E-state index in [4.69, 9.17) is 11.6 Å². The topological polar surface area (TPSA) is 64.0 Å². The molecule has 1 aromatic heterocycles. The number of nitrogens with one attached hydrogen (secondary N) is 1. The molecule has 1 aromatic carbocycles. The number of rotatable bonds is 3. The second kappa shape index (κ2) is 5.23. The first kappa shape index (κ1) is 15.6. The molecule has 1 N–H and O–H groups in total. The van der Waals surface area contributed by atoms with Gasteiger partial charge in [0.2, 0.25) is 10.0 Å². The summed E-state index contributed by atoms with van der Waals surface area (Å²) in [6, 6.07) is 4.07. The summed E-state index contributed by atoms with van der Waals surface area (Å²) in [4.78, 5) is 0. The Morgan fingerprint density at radius 1 is 1.29 bits per heavy atom. The fourth-order valence-electron chi connectivity index (χ4n) is 1.62. The second-order valence-corrected chi connectivity index (χ2v) is 6.32. The van der Waals surface area contributed by atoms with Crippen molar-refractivity contribution >= 4 is 27.4 Å². The molecule has 0 saturated heterocycles. The van der Waals surface area contributed by atoms with E-state index in [1.54, 1.807) is 0 Å². The van der Waals surface area contributed by atoms with Crippen LogP contribution in [0.3, 0.4) is 0 Å². The van der Waals surface area contributed by atoms with Crippen molar-refractivity contribution in [3.05, 3.63) is 41.0 Å². The van der Waals surface area contributed by atoms with Crippen molar-refractivity contribution in [3.8, 4) is 5.69 Å². The monoisotopic (exact) mass is 339 g/mol. The summed E-state index contributed by atoms with van der Waals surface area (Å²) >= 11 is 5.83. The quantitative estimate of drug-likeness (QED) is 0.935. The molecule has 114 valence electrons. The van der Waals surface area contributed by atoms with E-state index in [0.717, 1.165) is 29.1 Å². The van der Waals surface area contributed by atoms with Gasteiger partial charge in [-0.05, 0) is 18.2 Å². The molecule has 0 saturated carbocycles. The Balaban J connectivity index is 2.47. The summed E-state index contributed by atoms with van der Waals surface area (Å²) in [5.41, 5.74) is -0.776. The molecule has 0 atom stereocenters. The molecule has 5 nitrogen and oxygen atoms in total. The van der Waals surface area contributed by atoms with Crippen LogP contribution in [0.25, 0.3) is 5.69 Å². The van der Waals surface area contributed by atoms with Crippen LogP contribution in [0, 0.1) is 0 Å². The molecule has 0 aliphatic rings. The van der Waals surface area contributed by atoms with Crippen LogP contribution < -0.4 is 4.72 Å². The summed E-state index contributed by atoms with van der Waals surface area (Å²) in [7, 11) is -3.56. The SMILES string of the molecule is CS(=O)(=O)Nc1ccnn1-c1ccc(C(F)(F)F)cc1Cl. The first-order chi connectivity index (χ1) is 9.58. The van der Waals surface area contributed by atoms with Gasteiger partial charge in [0.1, 0.15) is 5.82 Å². The summed E-state index contributed by atoms with van der Waals surface area (Å²) < 4.78 is 63.4. The molecule has 0 amide bonds. The number of alkyl halides is 3. The van der Waals surface area contributed by atoms with Crippen LogP contribution >= 0.6 is 11.6 Å². The summed E-state index contributed by atoms with van der Waals surface area (Å²) in [5.74, 6) is 0.0687. The van der Waals surface area contributed by atoms with E-state index >= 15 is 0 Å². The number of nitrogens with zero attached hydrogens (tertiary/aromatic N) is 2. The maximum Gasteiger partial charge on any atom is 0.416 e. The first-order valence-electron chi connectivity index (χ1n) is 5.47. The number of hydrogen-bond donors (Lipinski definition) is 1. The number of hydrogen-bond acceptors (Lipinski definition) is 3. The molecule has 2 rings (SSSR count). The third-order valence-electron chi connectivity index (χ3n) is 2.44. The molecule has 1 heterocycles. The lowest BCUT2D eigenvalue weighted by Crippen LogP contribution is -2.14. The van der Waals surface area contributed by atoms with Gasteiger partial charge in [0.25, 0.3) is 0 Å². The minimum Gasteiger partial charge on any atom is -0.267 e. The Bertz CT molecular complexity index is 771. The second-order valence-electron chi connectivity index (χ2n) is 4.17. The van der Waals surface area contributed by atoms with Gasteiger partial charge in [-0.25, -0.2) is 13.1 Å². The summed E-state index contributed by atoms with van der Waals surface area (Å²) in [6.45, 7) is 0. The van der Waals surface area contributed by atoms with Crippen LogP contribution in [0.5, 0.6) is 0 Å². The Morgan fingerprint density at radius 3 is 2.48 bits per heavy atom. The van der Waals surface area contributed by atoms with Crippen LogP contribution in [0.15, 0.2) is 30.5 Å². The van der Waals surface area contributed by atoms with E-state index in [1.807, 2.05) is 0 Å². The first-order valence-corrected chi connectivity index (χ1v) is 7.74. The van der Waals surface area contributed by atoms with Crippen LogP contribution in [0.1, 0.15) is 5.56 Å². The highest BCUT2D eigenvalue weighted by atomic mass is 35.5. The van der Waals surface area contributed by atoms with E-state index in [2.05, 4.69) is 9.82 Å². The van der Waals surface area contributed by atoms with Crippen LogP contribution in [-0.4, -0.2) is 24.5 Å². The minimum atomic E-state index is -4.51. The maximum atomic E-state index is 12.6. The molecule has 0 radical (unpaired) electrons. The number of aromatic nitrogens is 2. The van der Waals surface area contributed by atoms with Crippen molar-refractivity contribution in [2.45, 2.75) is 6.18 Å². The normalized spacial score (nSPS) is 12.4. The molecule has 21 heavy (non-hydrogen) atoms. The van der Waals surface area contributed by atoms with Crippen LogP contribution in [0.4, 0.5) is 19.0 Å². The van der Waals surface area contributed by atoms with E-state index in [1.165, 1.54) is 12.3 Å². The number of halogens is 4. The molecule has 0 aliphatic heterocycles. The molecule has 0 spiro atoms. The van der Waals surface area contributed by atoms with Gasteiger partial charge in [-0.1, -0.05) is 11.6 Å². The van der Waals surface area contributed by atoms with Crippen LogP contribution in [-0.2, 0) is 16.2 Å². The smallest absolute Gasteiger partial charge is 0.267 e. The Morgan fingerprint density at radius 2 is 1.95 bits per heavy atom. The van der Waals surface area contributed by atoms with Crippen molar-refractivity contribution in [1.29, 1.82) is 0 Å². The Hall–Kier alpha value is -1.74. The van der Waals surface area contributed by atoms with Gasteiger partial charge in [-0.3, -0.25) is 4.72 Å². The number of sulfonamides is 1. The van der Waals surface area contributed by atoms with Crippen molar-refractivity contribution in [2.24, 2.45) is 0 Å². The molecule has 0 unspecified atom stereocenters. The van der Waals surface area contributed by atoms with Crippen molar-refractivity contribution < 1.29 is 21.6 Å². The lowest BCUT2D eigenvalue weighted by Gasteiger charge is -2.12. The Kier molecular flexibility index (Phi) is 3.89. The molecule has 0 bridgehead atoms. The maximum absolute atomic E-state index is 12.6. The molecule has 10 heteroatoms. The highest BCUT2D eigenvalue weighted by Gasteiger charge is 2.31. The Labute approximate surface area is 123 Å². The minimum absolute atomic E-state index is 0.0687. The van der Waals surface area contributed by atoms with E-state index in [0.29, 0.717) is 0 Å². The van der Waals surface area contributed by atoms with Gasteiger partial charge in [-0.15, -0.1) is 0 Å². The lowest BCUT2D eigenvalue weighted by molar-refractivity contribution is -0.137. The van der Waals surface area contributed by atoms with E-state index in [9.17, 15) is 21.6 Å². The molecule has 0 aliphatic carbocycles. The highest BCUT2D eigenvalue weighted by Crippen LogP contribution is 2.33. The lowest BCUT2D eigenvalue weighted by atomic mass is 10.2. The van der Waals surface area contributed by atoms with Crippen LogP contribution in [0.2, 0.25) is 5.02 Å². The third kappa shape index (κ3) is 3.67. The van der Waals surface area contributed by atoms with Gasteiger partial charge in [0.05, 0.1) is 28.7 Å². The molecule has 2 aromatic rings. The molecular formula is C11H9ClF3N3O2S. The van der Waals surface area contributed by atoms with Gasteiger partial charge in [0, 0.05) is 6.07 Å². The van der Waals surface area contributed by atoms with E-state index in [-0.39, 0.29) is 16.5 Å².